The Kier molecular flexibility index (Phi) is 7.01. The van der Waals surface area contributed by atoms with Crippen molar-refractivity contribution in [2.75, 3.05) is 38.5 Å². The predicted molar refractivity (Wildman–Crippen MR) is 150 cm³/mol. The third-order valence-electron chi connectivity index (χ3n) is 7.20. The highest BCUT2D eigenvalue weighted by molar-refractivity contribution is 6.16. The monoisotopic (exact) mass is 495 g/mol. The number of rotatable bonds is 6. The summed E-state index contributed by atoms with van der Waals surface area (Å²) in [6.45, 7) is 4.22. The molecule has 190 valence electrons. The Morgan fingerprint density at radius 1 is 0.811 bits per heavy atom. The van der Waals surface area contributed by atoms with Crippen molar-refractivity contribution < 1.29 is 4.79 Å². The van der Waals surface area contributed by atoms with Gasteiger partial charge in [-0.3, -0.25) is 20.5 Å². The zero-order valence-corrected chi connectivity index (χ0v) is 21.0. The van der Waals surface area contributed by atoms with Crippen molar-refractivity contribution in [3.05, 3.63) is 76.9 Å². The molecule has 0 bridgehead atoms. The largest absolute Gasteiger partial charge is 0.398 e. The number of fused-ring (bicyclic) bond motifs is 1. The van der Waals surface area contributed by atoms with Gasteiger partial charge in [-0.05, 0) is 85.9 Å². The van der Waals surface area contributed by atoms with E-state index in [0.717, 1.165) is 49.8 Å². The maximum absolute atomic E-state index is 12.8. The normalized spacial score (nSPS) is 16.4. The predicted octanol–water partition coefficient (Wildman–Crippen LogP) is 3.85. The van der Waals surface area contributed by atoms with Gasteiger partial charge in [-0.25, -0.2) is 4.99 Å². The fourth-order valence-electron chi connectivity index (χ4n) is 5.13. The van der Waals surface area contributed by atoms with Gasteiger partial charge in [0.2, 0.25) is 0 Å². The van der Waals surface area contributed by atoms with Crippen LogP contribution in [0.25, 0.3) is 10.8 Å². The topological polar surface area (TPSA) is 136 Å². The van der Waals surface area contributed by atoms with Crippen LogP contribution < -0.4 is 11.5 Å². The molecule has 2 heterocycles. The van der Waals surface area contributed by atoms with Crippen molar-refractivity contribution in [2.45, 2.75) is 25.7 Å². The van der Waals surface area contributed by atoms with Crippen molar-refractivity contribution in [2.24, 2.45) is 10.7 Å². The van der Waals surface area contributed by atoms with Crippen LogP contribution in [0.15, 0.2) is 59.6 Å². The van der Waals surface area contributed by atoms with E-state index < -0.39 is 0 Å². The first kappa shape index (κ1) is 24.6. The minimum atomic E-state index is 0.0551. The summed E-state index contributed by atoms with van der Waals surface area (Å²) in [5, 5.41) is 19.2. The molecule has 1 amide bonds. The molecule has 0 atom stereocenters. The first-order valence-electron chi connectivity index (χ1n) is 12.9. The van der Waals surface area contributed by atoms with Gasteiger partial charge < -0.3 is 16.4 Å². The molecule has 2 aliphatic heterocycles. The molecule has 0 radical (unpaired) electrons. The van der Waals surface area contributed by atoms with Crippen LogP contribution in [0.4, 0.5) is 5.69 Å². The van der Waals surface area contributed by atoms with Gasteiger partial charge in [0.25, 0.3) is 5.91 Å². The van der Waals surface area contributed by atoms with E-state index >= 15 is 0 Å². The summed E-state index contributed by atoms with van der Waals surface area (Å²) >= 11 is 0. The number of amidine groups is 2. The molecule has 2 fully saturated rings. The summed E-state index contributed by atoms with van der Waals surface area (Å²) in [4.78, 5) is 21.2. The number of carbonyl (C=O) groups excluding carboxylic acids is 1. The van der Waals surface area contributed by atoms with E-state index in [-0.39, 0.29) is 17.5 Å². The number of nitrogen functional groups attached to an aromatic ring is 1. The highest BCUT2D eigenvalue weighted by atomic mass is 16.2. The van der Waals surface area contributed by atoms with Gasteiger partial charge in [0, 0.05) is 41.0 Å². The van der Waals surface area contributed by atoms with Crippen LogP contribution in [0, 0.1) is 10.8 Å². The average molecular weight is 496 g/mol. The Balaban J connectivity index is 1.36. The van der Waals surface area contributed by atoms with Crippen molar-refractivity contribution in [1.29, 1.82) is 10.8 Å². The molecule has 8 nitrogen and oxygen atoms in total. The van der Waals surface area contributed by atoms with E-state index in [1.165, 1.54) is 12.8 Å². The van der Waals surface area contributed by atoms with Crippen LogP contribution in [-0.2, 0) is 0 Å². The molecule has 0 spiro atoms. The number of benzene rings is 3. The number of nitrogens with zero attached hydrogens (tertiary/aromatic N) is 3. The molecule has 6 N–H and O–H groups in total. The van der Waals surface area contributed by atoms with Crippen LogP contribution in [0.2, 0.25) is 0 Å². The van der Waals surface area contributed by atoms with E-state index in [2.05, 4.69) is 9.89 Å². The smallest absolute Gasteiger partial charge is 0.253 e. The standard InChI is InChI=1S/C29H33N7O/c30-25-10-9-22(28(33)34-26(31)18-35-11-1-2-12-35)17-24(25)27(32)21-7-5-20-16-23(8-6-19(20)15-21)29(37)36-13-3-4-14-36/h5-10,15-17,32H,1-4,11-14,18,30H2,(H3,31,33,34). The molecule has 8 heteroatoms. The fourth-order valence-corrected chi connectivity index (χ4v) is 5.13. The Morgan fingerprint density at radius 2 is 1.41 bits per heavy atom. The second-order valence-corrected chi connectivity index (χ2v) is 9.89. The summed E-state index contributed by atoms with van der Waals surface area (Å²) in [7, 11) is 0. The number of nitrogens with two attached hydrogens (primary N) is 2. The minimum absolute atomic E-state index is 0.0551. The van der Waals surface area contributed by atoms with Crippen LogP contribution in [0.1, 0.15) is 52.7 Å². The van der Waals surface area contributed by atoms with Gasteiger partial charge >= 0.3 is 0 Å². The molecule has 5 rings (SSSR count). The number of hydrogen-bond donors (Lipinski definition) is 4. The molecule has 0 unspecified atom stereocenters. The lowest BCUT2D eigenvalue weighted by molar-refractivity contribution is 0.0793. The lowest BCUT2D eigenvalue weighted by Crippen LogP contribution is -2.32. The molecule has 37 heavy (non-hydrogen) atoms. The van der Waals surface area contributed by atoms with Gasteiger partial charge in [0.1, 0.15) is 5.84 Å². The Morgan fingerprint density at radius 3 is 2.11 bits per heavy atom. The Labute approximate surface area is 217 Å². The number of carbonyl (C=O) groups is 1. The second kappa shape index (κ2) is 10.5. The molecule has 2 saturated heterocycles. The van der Waals surface area contributed by atoms with Gasteiger partial charge in [-0.2, -0.15) is 0 Å². The summed E-state index contributed by atoms with van der Waals surface area (Å²) in [5.74, 6) is 0.545. The maximum Gasteiger partial charge on any atom is 0.253 e. The molecule has 0 saturated carbocycles. The van der Waals surface area contributed by atoms with Crippen molar-refractivity contribution in [3.8, 4) is 0 Å². The third kappa shape index (κ3) is 5.39. The highest BCUT2D eigenvalue weighted by Crippen LogP contribution is 2.24. The molecule has 0 aromatic heterocycles. The summed E-state index contributed by atoms with van der Waals surface area (Å²) in [6, 6.07) is 16.6. The first-order valence-corrected chi connectivity index (χ1v) is 12.9. The lowest BCUT2D eigenvalue weighted by atomic mass is 9.96. The number of aliphatic imine (C=N–C) groups is 1. The number of nitrogens with one attached hydrogen (secondary N) is 2. The van der Waals surface area contributed by atoms with Crippen LogP contribution >= 0.6 is 0 Å². The quantitative estimate of drug-likeness (QED) is 0.235. The lowest BCUT2D eigenvalue weighted by Gasteiger charge is -2.16. The molecule has 0 aliphatic carbocycles. The van der Waals surface area contributed by atoms with Crippen molar-refractivity contribution >= 4 is 39.7 Å². The van der Waals surface area contributed by atoms with Gasteiger partial charge in [0.05, 0.1) is 12.3 Å². The average Bonchev–Trinajstić information content (AvgIpc) is 3.62. The molecule has 2 aliphatic rings. The summed E-state index contributed by atoms with van der Waals surface area (Å²) in [6.07, 6.45) is 4.46. The van der Waals surface area contributed by atoms with Crippen LogP contribution in [0.5, 0.6) is 0 Å². The highest BCUT2D eigenvalue weighted by Gasteiger charge is 2.20. The van der Waals surface area contributed by atoms with Crippen LogP contribution in [0.3, 0.4) is 0 Å². The van der Waals surface area contributed by atoms with Gasteiger partial charge in [-0.1, -0.05) is 18.2 Å². The van der Waals surface area contributed by atoms with E-state index in [4.69, 9.17) is 22.3 Å². The van der Waals surface area contributed by atoms with Crippen molar-refractivity contribution in [3.63, 3.8) is 0 Å². The van der Waals surface area contributed by atoms with E-state index in [1.807, 2.05) is 41.3 Å². The van der Waals surface area contributed by atoms with Gasteiger partial charge in [-0.15, -0.1) is 0 Å². The molecular weight excluding hydrogens is 462 g/mol. The van der Waals surface area contributed by atoms with E-state index in [0.29, 0.717) is 40.3 Å². The summed E-state index contributed by atoms with van der Waals surface area (Å²) in [5.41, 5.74) is 15.6. The molecule has 3 aromatic carbocycles. The molecular formula is C29H33N7O. The Hall–Kier alpha value is -4.04. The minimum Gasteiger partial charge on any atom is -0.398 e. The maximum atomic E-state index is 12.8. The zero-order valence-electron chi connectivity index (χ0n) is 21.0. The summed E-state index contributed by atoms with van der Waals surface area (Å²) < 4.78 is 0. The number of amides is 1. The van der Waals surface area contributed by atoms with E-state index in [1.54, 1.807) is 18.2 Å². The van der Waals surface area contributed by atoms with Gasteiger partial charge in [0.15, 0.2) is 5.84 Å². The van der Waals surface area contributed by atoms with Crippen LogP contribution in [-0.4, -0.2) is 65.8 Å². The Bertz CT molecular complexity index is 1400. The van der Waals surface area contributed by atoms with Crippen molar-refractivity contribution in [1.82, 2.24) is 9.80 Å². The van der Waals surface area contributed by atoms with E-state index in [9.17, 15) is 4.79 Å². The SMILES string of the molecule is N=C(N=C(N)CN1CCCC1)c1ccc(N)c(C(=N)c2ccc3cc(C(=O)N4CCCC4)ccc3c2)c1. The first-order chi connectivity index (χ1) is 17.9. The zero-order chi connectivity index (χ0) is 25.9. The number of likely N-dealkylation sites (tertiary alicyclic amines) is 2. The number of hydrogen-bond acceptors (Lipinski definition) is 5. The second-order valence-electron chi connectivity index (χ2n) is 9.89. The third-order valence-corrected chi connectivity index (χ3v) is 7.20. The fraction of sp³-hybridized carbons (Fsp3) is 0.310. The molecule has 3 aromatic rings. The number of anilines is 1.